The summed E-state index contributed by atoms with van der Waals surface area (Å²) >= 11 is 0. The molecule has 13 heavy (non-hydrogen) atoms. The molecule has 0 bridgehead atoms. The first-order valence-corrected chi connectivity index (χ1v) is 3.75. The highest BCUT2D eigenvalue weighted by Crippen LogP contribution is 1.99. The largest absolute Gasteiger partial charge is 0.269 e. The monoisotopic (exact) mass is 172 g/mol. The molecule has 0 saturated heterocycles. The van der Waals surface area contributed by atoms with Gasteiger partial charge >= 0.3 is 0 Å². The Bertz CT molecular complexity index is 349. The molecule has 0 aliphatic heterocycles. The quantitative estimate of drug-likeness (QED) is 0.415. The first kappa shape index (κ1) is 9.01. The average molecular weight is 172 g/mol. The third-order valence-corrected chi connectivity index (χ3v) is 1.41. The Balaban J connectivity index is 2.60. The molecule has 0 saturated carbocycles. The maximum absolute atomic E-state index is 10.8. The maximum atomic E-state index is 10.8. The summed E-state index contributed by atoms with van der Waals surface area (Å²) in [6.45, 7) is 0. The highest BCUT2D eigenvalue weighted by Gasteiger charge is 1.90. The standard InChI is InChI=1S/C10H8N2O/c11-8-12-10(13)7-6-9-4-2-1-3-5-9/h1-7H,(H,12,13). The van der Waals surface area contributed by atoms with Gasteiger partial charge in [0.15, 0.2) is 6.19 Å². The maximum Gasteiger partial charge on any atom is 0.256 e. The Morgan fingerprint density at radius 1 is 1.38 bits per heavy atom. The van der Waals surface area contributed by atoms with E-state index in [0.29, 0.717) is 0 Å². The molecule has 0 aliphatic rings. The van der Waals surface area contributed by atoms with E-state index in [2.05, 4.69) is 0 Å². The van der Waals surface area contributed by atoms with Gasteiger partial charge in [0, 0.05) is 6.08 Å². The zero-order chi connectivity index (χ0) is 9.52. The minimum absolute atomic E-state index is 0.411. The van der Waals surface area contributed by atoms with Crippen LogP contribution in [0.1, 0.15) is 5.56 Å². The molecule has 1 aromatic rings. The Kier molecular flexibility index (Phi) is 3.28. The fraction of sp³-hybridized carbons (Fsp3) is 0. The Morgan fingerprint density at radius 2 is 2.08 bits per heavy atom. The molecule has 3 heteroatoms. The Labute approximate surface area is 76.3 Å². The summed E-state index contributed by atoms with van der Waals surface area (Å²) in [7, 11) is 0. The number of nitriles is 1. The van der Waals surface area contributed by atoms with E-state index in [9.17, 15) is 4.79 Å². The van der Waals surface area contributed by atoms with Crippen LogP contribution in [0.15, 0.2) is 36.4 Å². The van der Waals surface area contributed by atoms with Crippen LogP contribution in [0.3, 0.4) is 0 Å². The number of carbonyl (C=O) groups excluding carboxylic acids is 1. The van der Waals surface area contributed by atoms with E-state index in [-0.39, 0.29) is 0 Å². The van der Waals surface area contributed by atoms with Gasteiger partial charge in [-0.05, 0) is 11.6 Å². The van der Waals surface area contributed by atoms with E-state index in [1.54, 1.807) is 12.3 Å². The lowest BCUT2D eigenvalue weighted by Crippen LogP contribution is -2.13. The molecule has 0 heterocycles. The van der Waals surface area contributed by atoms with Gasteiger partial charge in [0.1, 0.15) is 0 Å². The minimum atomic E-state index is -0.411. The summed E-state index contributed by atoms with van der Waals surface area (Å²) in [5, 5.41) is 10.1. The molecule has 0 aromatic heterocycles. The van der Waals surface area contributed by atoms with Gasteiger partial charge in [-0.2, -0.15) is 5.26 Å². The van der Waals surface area contributed by atoms with Crippen molar-refractivity contribution in [2.24, 2.45) is 0 Å². The van der Waals surface area contributed by atoms with Crippen molar-refractivity contribution in [3.63, 3.8) is 0 Å². The highest BCUT2D eigenvalue weighted by molar-refractivity contribution is 5.92. The van der Waals surface area contributed by atoms with E-state index in [0.717, 1.165) is 5.56 Å². The van der Waals surface area contributed by atoms with Crippen molar-refractivity contribution in [3.05, 3.63) is 42.0 Å². The van der Waals surface area contributed by atoms with Crippen molar-refractivity contribution in [1.29, 1.82) is 5.26 Å². The second-order valence-electron chi connectivity index (χ2n) is 2.35. The van der Waals surface area contributed by atoms with Crippen LogP contribution in [-0.2, 0) is 4.79 Å². The number of benzene rings is 1. The topological polar surface area (TPSA) is 52.9 Å². The van der Waals surface area contributed by atoms with Crippen molar-refractivity contribution in [3.8, 4) is 6.19 Å². The SMILES string of the molecule is N#CNC(=O)C=Cc1ccccc1. The molecule has 0 radical (unpaired) electrons. The van der Waals surface area contributed by atoms with E-state index in [1.165, 1.54) is 6.08 Å². The van der Waals surface area contributed by atoms with Crippen molar-refractivity contribution >= 4 is 12.0 Å². The first-order chi connectivity index (χ1) is 6.33. The molecule has 1 rings (SSSR count). The van der Waals surface area contributed by atoms with Crippen LogP contribution in [-0.4, -0.2) is 5.91 Å². The van der Waals surface area contributed by atoms with Gasteiger partial charge in [0.25, 0.3) is 5.91 Å². The van der Waals surface area contributed by atoms with E-state index in [4.69, 9.17) is 5.26 Å². The molecule has 0 atom stereocenters. The van der Waals surface area contributed by atoms with Gasteiger partial charge in [-0.25, -0.2) is 0 Å². The number of nitrogens with zero attached hydrogens (tertiary/aromatic N) is 1. The molecule has 1 aromatic carbocycles. The highest BCUT2D eigenvalue weighted by atomic mass is 16.1. The molecule has 0 unspecified atom stereocenters. The van der Waals surface area contributed by atoms with Crippen LogP contribution in [0.4, 0.5) is 0 Å². The summed E-state index contributed by atoms with van der Waals surface area (Å²) in [4.78, 5) is 10.8. The van der Waals surface area contributed by atoms with Gasteiger partial charge in [-0.15, -0.1) is 0 Å². The number of hydrogen-bond donors (Lipinski definition) is 1. The Hall–Kier alpha value is -2.08. The van der Waals surface area contributed by atoms with Crippen LogP contribution in [0.5, 0.6) is 0 Å². The molecule has 0 spiro atoms. The smallest absolute Gasteiger partial charge is 0.256 e. The second kappa shape index (κ2) is 4.73. The zero-order valence-corrected chi connectivity index (χ0v) is 6.90. The lowest BCUT2D eigenvalue weighted by molar-refractivity contribution is -0.115. The second-order valence-corrected chi connectivity index (χ2v) is 2.35. The molecule has 1 N–H and O–H groups in total. The Morgan fingerprint density at radius 3 is 2.69 bits per heavy atom. The number of hydrogen-bond acceptors (Lipinski definition) is 2. The molecule has 0 aliphatic carbocycles. The van der Waals surface area contributed by atoms with Crippen LogP contribution < -0.4 is 5.32 Å². The number of nitrogens with one attached hydrogen (secondary N) is 1. The predicted octanol–water partition coefficient (Wildman–Crippen LogP) is 1.30. The summed E-state index contributed by atoms with van der Waals surface area (Å²) in [6.07, 6.45) is 4.52. The predicted molar refractivity (Wildman–Crippen MR) is 49.2 cm³/mol. The van der Waals surface area contributed by atoms with Crippen LogP contribution in [0.25, 0.3) is 6.08 Å². The third-order valence-electron chi connectivity index (χ3n) is 1.41. The molecular formula is C10H8N2O. The summed E-state index contributed by atoms with van der Waals surface area (Å²) < 4.78 is 0. The normalized spacial score (nSPS) is 9.46. The molecular weight excluding hydrogens is 164 g/mol. The minimum Gasteiger partial charge on any atom is -0.269 e. The fourth-order valence-electron chi connectivity index (χ4n) is 0.833. The van der Waals surface area contributed by atoms with E-state index in [1.807, 2.05) is 35.6 Å². The lowest BCUT2D eigenvalue weighted by atomic mass is 10.2. The van der Waals surface area contributed by atoms with Gasteiger partial charge in [-0.1, -0.05) is 30.3 Å². The van der Waals surface area contributed by atoms with Gasteiger partial charge in [0.05, 0.1) is 0 Å². The van der Waals surface area contributed by atoms with Crippen LogP contribution in [0, 0.1) is 11.5 Å². The van der Waals surface area contributed by atoms with Crippen LogP contribution in [0.2, 0.25) is 0 Å². The first-order valence-electron chi connectivity index (χ1n) is 3.75. The lowest BCUT2D eigenvalue weighted by Gasteiger charge is -1.90. The van der Waals surface area contributed by atoms with Crippen molar-refractivity contribution < 1.29 is 4.79 Å². The summed E-state index contributed by atoms with van der Waals surface area (Å²) in [5.41, 5.74) is 0.926. The summed E-state index contributed by atoms with van der Waals surface area (Å²) in [5.74, 6) is -0.411. The zero-order valence-electron chi connectivity index (χ0n) is 6.90. The fourth-order valence-corrected chi connectivity index (χ4v) is 0.833. The van der Waals surface area contributed by atoms with E-state index < -0.39 is 5.91 Å². The van der Waals surface area contributed by atoms with E-state index >= 15 is 0 Å². The van der Waals surface area contributed by atoms with Gasteiger partial charge in [0.2, 0.25) is 0 Å². The molecule has 0 fully saturated rings. The average Bonchev–Trinajstić information content (AvgIpc) is 2.17. The third kappa shape index (κ3) is 3.21. The molecule has 64 valence electrons. The summed E-state index contributed by atoms with van der Waals surface area (Å²) in [6, 6.07) is 9.39. The number of amides is 1. The van der Waals surface area contributed by atoms with Crippen molar-refractivity contribution in [2.75, 3.05) is 0 Å². The van der Waals surface area contributed by atoms with Gasteiger partial charge in [-0.3, -0.25) is 10.1 Å². The molecule has 3 nitrogen and oxygen atoms in total. The van der Waals surface area contributed by atoms with Crippen molar-refractivity contribution in [2.45, 2.75) is 0 Å². The van der Waals surface area contributed by atoms with Crippen molar-refractivity contribution in [1.82, 2.24) is 5.32 Å². The number of rotatable bonds is 2. The van der Waals surface area contributed by atoms with Gasteiger partial charge < -0.3 is 0 Å². The number of carbonyl (C=O) groups is 1. The van der Waals surface area contributed by atoms with Crippen LogP contribution >= 0.6 is 0 Å². The molecule has 1 amide bonds.